The highest BCUT2D eigenvalue weighted by atomic mass is 16.5. The van der Waals surface area contributed by atoms with Crippen LogP contribution in [0.25, 0.3) is 5.69 Å². The Hall–Kier alpha value is -3.92. The predicted octanol–water partition coefficient (Wildman–Crippen LogP) is 4.21. The largest absolute Gasteiger partial charge is 0.452 e. The zero-order valence-electron chi connectivity index (χ0n) is 18.8. The number of anilines is 1. The highest BCUT2D eigenvalue weighted by Crippen LogP contribution is 2.20. The van der Waals surface area contributed by atoms with E-state index in [9.17, 15) is 9.59 Å². The minimum absolute atomic E-state index is 0.181. The lowest BCUT2D eigenvalue weighted by Crippen LogP contribution is -2.35. The molecule has 3 aromatic rings. The second-order valence-electron chi connectivity index (χ2n) is 7.76. The van der Waals surface area contributed by atoms with E-state index < -0.39 is 12.6 Å². The molecule has 0 aliphatic carbocycles. The molecule has 3 rings (SSSR count). The number of carbonyl (C=O) groups excluding carboxylic acids is 2. The fraction of sp³-hybridized carbons (Fsp3) is 0.280. The number of rotatable bonds is 7. The average molecular weight is 431 g/mol. The van der Waals surface area contributed by atoms with Gasteiger partial charge in [-0.3, -0.25) is 4.79 Å². The van der Waals surface area contributed by atoms with Crippen molar-refractivity contribution in [2.75, 3.05) is 18.1 Å². The number of benzene rings is 2. The van der Waals surface area contributed by atoms with Crippen LogP contribution in [0.3, 0.4) is 0 Å². The highest BCUT2D eigenvalue weighted by molar-refractivity contribution is 5.97. The molecular formula is C25H26N4O3. The van der Waals surface area contributed by atoms with E-state index >= 15 is 0 Å². The van der Waals surface area contributed by atoms with Crippen molar-refractivity contribution in [3.63, 3.8) is 0 Å². The minimum atomic E-state index is -0.584. The second-order valence-corrected chi connectivity index (χ2v) is 7.76. The van der Waals surface area contributed by atoms with Crippen LogP contribution >= 0.6 is 0 Å². The van der Waals surface area contributed by atoms with Gasteiger partial charge >= 0.3 is 5.97 Å². The molecule has 0 unspecified atom stereocenters. The Balaban J connectivity index is 1.68. The van der Waals surface area contributed by atoms with Crippen LogP contribution in [0.4, 0.5) is 5.69 Å². The summed E-state index contributed by atoms with van der Waals surface area (Å²) in [5.74, 6) is -0.961. The monoisotopic (exact) mass is 430 g/mol. The lowest BCUT2D eigenvalue weighted by molar-refractivity contribution is -0.121. The van der Waals surface area contributed by atoms with Crippen LogP contribution in [0.2, 0.25) is 0 Å². The van der Waals surface area contributed by atoms with Gasteiger partial charge in [0.05, 0.1) is 29.4 Å². The summed E-state index contributed by atoms with van der Waals surface area (Å²) >= 11 is 0. The molecule has 1 amide bonds. The molecule has 0 saturated heterocycles. The summed E-state index contributed by atoms with van der Waals surface area (Å²) in [4.78, 5) is 26.8. The molecule has 7 heteroatoms. The summed E-state index contributed by atoms with van der Waals surface area (Å²) in [5, 5.41) is 13.4. The molecule has 0 spiro atoms. The third-order valence-electron chi connectivity index (χ3n) is 4.95. The first-order valence-electron chi connectivity index (χ1n) is 10.3. The molecule has 0 saturated carbocycles. The number of ether oxygens (including phenoxy) is 1. The molecule has 2 aromatic carbocycles. The van der Waals surface area contributed by atoms with Gasteiger partial charge in [-0.1, -0.05) is 6.07 Å². The third kappa shape index (κ3) is 5.41. The Kier molecular flexibility index (Phi) is 7.06. The van der Waals surface area contributed by atoms with Crippen molar-refractivity contribution in [2.45, 2.75) is 34.1 Å². The van der Waals surface area contributed by atoms with Gasteiger partial charge in [-0.15, -0.1) is 0 Å². The lowest BCUT2D eigenvalue weighted by atomic mass is 10.1. The molecular weight excluding hydrogens is 404 g/mol. The Labute approximate surface area is 187 Å². The molecule has 32 heavy (non-hydrogen) atoms. The topological polar surface area (TPSA) is 88.2 Å². The Bertz CT molecular complexity index is 1150. The van der Waals surface area contributed by atoms with E-state index in [-0.39, 0.29) is 18.9 Å². The van der Waals surface area contributed by atoms with Crippen LogP contribution in [-0.4, -0.2) is 34.8 Å². The molecule has 0 aliphatic heterocycles. The van der Waals surface area contributed by atoms with Gasteiger partial charge in [-0.2, -0.15) is 10.4 Å². The standard InChI is InChI=1S/C25H26N4O3/c1-17-12-18(2)14-23(13-17)28(11-5-10-26)24(30)16-32-25(31)21-6-8-22(9-7-21)29-20(4)15-19(3)27-29/h6-9,12-15H,5,11,16H2,1-4H3. The Morgan fingerprint density at radius 2 is 1.69 bits per heavy atom. The third-order valence-corrected chi connectivity index (χ3v) is 4.95. The van der Waals surface area contributed by atoms with Gasteiger partial charge in [-0.25, -0.2) is 9.48 Å². The predicted molar refractivity (Wildman–Crippen MR) is 122 cm³/mol. The van der Waals surface area contributed by atoms with Gasteiger partial charge in [0.15, 0.2) is 6.61 Å². The van der Waals surface area contributed by atoms with Gasteiger partial charge in [-0.05, 0) is 81.3 Å². The van der Waals surface area contributed by atoms with Gasteiger partial charge in [0, 0.05) is 17.9 Å². The minimum Gasteiger partial charge on any atom is -0.452 e. The van der Waals surface area contributed by atoms with Gasteiger partial charge < -0.3 is 9.64 Å². The van der Waals surface area contributed by atoms with E-state index in [2.05, 4.69) is 11.2 Å². The van der Waals surface area contributed by atoms with E-state index in [4.69, 9.17) is 10.00 Å². The summed E-state index contributed by atoms with van der Waals surface area (Å²) in [7, 11) is 0. The van der Waals surface area contributed by atoms with Crippen molar-refractivity contribution >= 4 is 17.6 Å². The number of hydrogen-bond acceptors (Lipinski definition) is 5. The summed E-state index contributed by atoms with van der Waals surface area (Å²) < 4.78 is 7.07. The summed E-state index contributed by atoms with van der Waals surface area (Å²) in [6, 6.07) is 16.7. The second kappa shape index (κ2) is 9.92. The van der Waals surface area contributed by atoms with Crippen LogP contribution in [0.1, 0.15) is 39.3 Å². The van der Waals surface area contributed by atoms with Crippen LogP contribution in [0, 0.1) is 39.0 Å². The maximum Gasteiger partial charge on any atom is 0.338 e. The smallest absolute Gasteiger partial charge is 0.338 e. The molecule has 0 N–H and O–H groups in total. The van der Waals surface area contributed by atoms with Crippen LogP contribution in [-0.2, 0) is 9.53 Å². The highest BCUT2D eigenvalue weighted by Gasteiger charge is 2.19. The van der Waals surface area contributed by atoms with E-state index in [1.807, 2.05) is 52.0 Å². The van der Waals surface area contributed by atoms with E-state index in [1.54, 1.807) is 28.9 Å². The van der Waals surface area contributed by atoms with Crippen molar-refractivity contribution in [1.29, 1.82) is 5.26 Å². The molecule has 0 radical (unpaired) electrons. The van der Waals surface area contributed by atoms with E-state index in [1.165, 1.54) is 4.90 Å². The number of hydrogen-bond donors (Lipinski definition) is 0. The maximum atomic E-state index is 12.8. The molecule has 0 bridgehead atoms. The van der Waals surface area contributed by atoms with Crippen LogP contribution in [0.15, 0.2) is 48.5 Å². The van der Waals surface area contributed by atoms with Crippen molar-refractivity contribution in [3.05, 3.63) is 76.6 Å². The Morgan fingerprint density at radius 1 is 1.03 bits per heavy atom. The SMILES string of the molecule is Cc1cc(C)cc(N(CCC#N)C(=O)COC(=O)c2ccc(-n3nc(C)cc3C)cc2)c1. The fourth-order valence-corrected chi connectivity index (χ4v) is 3.58. The normalized spacial score (nSPS) is 10.5. The molecule has 0 aliphatic rings. The van der Waals surface area contributed by atoms with E-state index in [0.29, 0.717) is 11.3 Å². The first-order chi connectivity index (χ1) is 15.3. The average Bonchev–Trinajstić information content (AvgIpc) is 3.09. The number of carbonyl (C=O) groups is 2. The van der Waals surface area contributed by atoms with Crippen LogP contribution < -0.4 is 4.90 Å². The number of amides is 1. The number of esters is 1. The van der Waals surface area contributed by atoms with Gasteiger partial charge in [0.2, 0.25) is 0 Å². The zero-order chi connectivity index (χ0) is 23.3. The lowest BCUT2D eigenvalue weighted by Gasteiger charge is -2.22. The molecule has 7 nitrogen and oxygen atoms in total. The van der Waals surface area contributed by atoms with Crippen molar-refractivity contribution in [1.82, 2.24) is 9.78 Å². The maximum absolute atomic E-state index is 12.8. The zero-order valence-corrected chi connectivity index (χ0v) is 18.8. The summed E-state index contributed by atoms with van der Waals surface area (Å²) in [6.07, 6.45) is 0.181. The summed E-state index contributed by atoms with van der Waals surface area (Å²) in [5.41, 5.74) is 5.79. The number of aromatic nitrogens is 2. The van der Waals surface area contributed by atoms with Crippen molar-refractivity contribution in [3.8, 4) is 11.8 Å². The quantitative estimate of drug-likeness (QED) is 0.524. The molecule has 0 fully saturated rings. The van der Waals surface area contributed by atoms with E-state index in [0.717, 1.165) is 28.2 Å². The molecule has 0 atom stereocenters. The first-order valence-corrected chi connectivity index (χ1v) is 10.3. The fourth-order valence-electron chi connectivity index (χ4n) is 3.58. The molecule has 1 heterocycles. The number of aryl methyl sites for hydroxylation is 4. The first kappa shape index (κ1) is 22.8. The number of nitriles is 1. The van der Waals surface area contributed by atoms with Crippen molar-refractivity contribution in [2.24, 2.45) is 0 Å². The van der Waals surface area contributed by atoms with Gasteiger partial charge in [0.25, 0.3) is 5.91 Å². The molecule has 1 aromatic heterocycles. The molecule has 164 valence electrons. The van der Waals surface area contributed by atoms with Crippen molar-refractivity contribution < 1.29 is 14.3 Å². The van der Waals surface area contributed by atoms with Gasteiger partial charge in [0.1, 0.15) is 0 Å². The number of nitrogens with zero attached hydrogens (tertiary/aromatic N) is 4. The summed E-state index contributed by atoms with van der Waals surface area (Å²) in [6.45, 7) is 7.59. The Morgan fingerprint density at radius 3 is 2.25 bits per heavy atom. The van der Waals surface area contributed by atoms with Crippen LogP contribution in [0.5, 0.6) is 0 Å².